The van der Waals surface area contributed by atoms with Gasteiger partial charge in [-0.25, -0.2) is 4.68 Å². The highest BCUT2D eigenvalue weighted by molar-refractivity contribution is 7.15. The Kier molecular flexibility index (Phi) is 4.10. The molecule has 0 aliphatic rings. The molecule has 0 aliphatic heterocycles. The summed E-state index contributed by atoms with van der Waals surface area (Å²) in [4.78, 5) is 24.4. The van der Waals surface area contributed by atoms with Gasteiger partial charge in [-0.3, -0.25) is 14.9 Å². The van der Waals surface area contributed by atoms with Gasteiger partial charge in [0.1, 0.15) is 17.1 Å². The lowest BCUT2D eigenvalue weighted by molar-refractivity contribution is -0.117. The van der Waals surface area contributed by atoms with Gasteiger partial charge in [0, 0.05) is 5.41 Å². The van der Waals surface area contributed by atoms with Crippen LogP contribution in [0.1, 0.15) is 25.8 Å². The Morgan fingerprint density at radius 2 is 1.96 bits per heavy atom. The van der Waals surface area contributed by atoms with Gasteiger partial charge in [0.25, 0.3) is 5.56 Å². The van der Waals surface area contributed by atoms with Crippen molar-refractivity contribution in [2.24, 2.45) is 0 Å². The van der Waals surface area contributed by atoms with Crippen LogP contribution in [0.2, 0.25) is 0 Å². The molecule has 0 unspecified atom stereocenters. The molecule has 8 nitrogen and oxygen atoms in total. The van der Waals surface area contributed by atoms with Gasteiger partial charge in [0.05, 0.1) is 5.39 Å². The van der Waals surface area contributed by atoms with Crippen LogP contribution in [0.25, 0.3) is 10.9 Å². The molecule has 9 heteroatoms. The van der Waals surface area contributed by atoms with Crippen molar-refractivity contribution in [2.45, 2.75) is 32.7 Å². The van der Waals surface area contributed by atoms with Gasteiger partial charge in [-0.15, -0.1) is 15.3 Å². The average Bonchev–Trinajstić information content (AvgIpc) is 2.99. The number of aromatic nitrogens is 5. The van der Waals surface area contributed by atoms with Crippen molar-refractivity contribution >= 4 is 33.3 Å². The van der Waals surface area contributed by atoms with Crippen LogP contribution in [0.15, 0.2) is 29.1 Å². The smallest absolute Gasteiger partial charge is 0.278 e. The summed E-state index contributed by atoms with van der Waals surface area (Å²) < 4.78 is 1.03. The van der Waals surface area contributed by atoms with Crippen LogP contribution in [0, 0.1) is 0 Å². The van der Waals surface area contributed by atoms with Crippen molar-refractivity contribution in [3.8, 4) is 0 Å². The van der Waals surface area contributed by atoms with Gasteiger partial charge < -0.3 is 0 Å². The number of anilines is 1. The first-order chi connectivity index (χ1) is 11.3. The van der Waals surface area contributed by atoms with Crippen LogP contribution >= 0.6 is 11.3 Å². The van der Waals surface area contributed by atoms with Gasteiger partial charge >= 0.3 is 0 Å². The van der Waals surface area contributed by atoms with Gasteiger partial charge in [0.2, 0.25) is 11.0 Å². The van der Waals surface area contributed by atoms with Crippen molar-refractivity contribution in [1.29, 1.82) is 0 Å². The molecule has 2 aromatic heterocycles. The summed E-state index contributed by atoms with van der Waals surface area (Å²) in [5, 5.41) is 20.0. The zero-order valence-electron chi connectivity index (χ0n) is 13.5. The topological polar surface area (TPSA) is 103 Å². The summed E-state index contributed by atoms with van der Waals surface area (Å²) in [6, 6.07) is 6.87. The number of benzene rings is 1. The predicted molar refractivity (Wildman–Crippen MR) is 91.0 cm³/mol. The Bertz CT molecular complexity index is 956. The van der Waals surface area contributed by atoms with Crippen LogP contribution in [-0.2, 0) is 16.8 Å². The van der Waals surface area contributed by atoms with Gasteiger partial charge in [0.15, 0.2) is 0 Å². The molecule has 2 heterocycles. The van der Waals surface area contributed by atoms with Gasteiger partial charge in [-0.1, -0.05) is 49.5 Å². The van der Waals surface area contributed by atoms with Crippen molar-refractivity contribution in [3.63, 3.8) is 0 Å². The minimum atomic E-state index is -0.404. The van der Waals surface area contributed by atoms with E-state index in [1.165, 1.54) is 11.3 Å². The summed E-state index contributed by atoms with van der Waals surface area (Å²) >= 11 is 1.31. The first-order valence-corrected chi connectivity index (χ1v) is 8.12. The van der Waals surface area contributed by atoms with E-state index in [1.54, 1.807) is 24.3 Å². The summed E-state index contributed by atoms with van der Waals surface area (Å²) in [5.74, 6) is -0.404. The second-order valence-electron chi connectivity index (χ2n) is 6.28. The molecular weight excluding hydrogens is 328 g/mol. The lowest BCUT2D eigenvalue weighted by atomic mass is 9.98. The zero-order chi connectivity index (χ0) is 17.3. The molecule has 0 aliphatic carbocycles. The van der Waals surface area contributed by atoms with E-state index in [-0.39, 0.29) is 17.5 Å². The van der Waals surface area contributed by atoms with Gasteiger partial charge in [-0.05, 0) is 12.1 Å². The molecule has 0 bridgehead atoms. The van der Waals surface area contributed by atoms with E-state index in [4.69, 9.17) is 0 Å². The van der Waals surface area contributed by atoms with Gasteiger partial charge in [-0.2, -0.15) is 0 Å². The van der Waals surface area contributed by atoms with Crippen LogP contribution in [0.4, 0.5) is 5.13 Å². The summed E-state index contributed by atoms with van der Waals surface area (Å²) in [7, 11) is 0. The van der Waals surface area contributed by atoms with Crippen LogP contribution in [-0.4, -0.2) is 31.1 Å². The second kappa shape index (κ2) is 6.08. The maximum Gasteiger partial charge on any atom is 0.278 e. The highest BCUT2D eigenvalue weighted by Crippen LogP contribution is 2.27. The Balaban J connectivity index is 1.77. The number of carbonyl (C=O) groups excluding carboxylic acids is 1. The largest absolute Gasteiger partial charge is 0.299 e. The number of nitrogens with zero attached hydrogens (tertiary/aromatic N) is 5. The van der Waals surface area contributed by atoms with Crippen molar-refractivity contribution in [2.75, 3.05) is 5.32 Å². The quantitative estimate of drug-likeness (QED) is 0.774. The summed E-state index contributed by atoms with van der Waals surface area (Å²) in [5.41, 5.74) is 0.00278. The standard InChI is InChI=1S/C15H16N6O2S/c1-15(2,3)13-18-19-14(24-13)16-11(22)8-21-12(23)9-6-4-5-7-10(9)17-20-21/h4-7H,8H2,1-3H3,(H,16,19,22). The van der Waals surface area contributed by atoms with Crippen LogP contribution in [0.3, 0.4) is 0 Å². The van der Waals surface area contributed by atoms with E-state index in [1.807, 2.05) is 20.8 Å². The average molecular weight is 344 g/mol. The van der Waals surface area contributed by atoms with E-state index >= 15 is 0 Å². The molecule has 0 radical (unpaired) electrons. The predicted octanol–water partition coefficient (Wildman–Crippen LogP) is 1.58. The molecule has 3 rings (SSSR count). The molecule has 0 fully saturated rings. The molecule has 1 aromatic carbocycles. The molecule has 1 amide bonds. The number of nitrogens with one attached hydrogen (secondary N) is 1. The van der Waals surface area contributed by atoms with Crippen molar-refractivity contribution in [1.82, 2.24) is 25.2 Å². The normalized spacial score (nSPS) is 11.6. The van der Waals surface area contributed by atoms with Crippen molar-refractivity contribution < 1.29 is 4.79 Å². The Hall–Kier alpha value is -2.68. The number of hydrogen-bond acceptors (Lipinski definition) is 7. The monoisotopic (exact) mass is 344 g/mol. The number of rotatable bonds is 3. The van der Waals surface area contributed by atoms with E-state index in [0.29, 0.717) is 16.0 Å². The summed E-state index contributed by atoms with van der Waals surface area (Å²) in [6.07, 6.45) is 0. The highest BCUT2D eigenvalue weighted by Gasteiger charge is 2.20. The third kappa shape index (κ3) is 3.30. The van der Waals surface area contributed by atoms with E-state index in [0.717, 1.165) is 9.69 Å². The van der Waals surface area contributed by atoms with E-state index < -0.39 is 5.91 Å². The minimum absolute atomic E-state index is 0.137. The van der Waals surface area contributed by atoms with Crippen LogP contribution < -0.4 is 10.9 Å². The van der Waals surface area contributed by atoms with E-state index in [9.17, 15) is 9.59 Å². The maximum atomic E-state index is 12.3. The molecule has 124 valence electrons. The lowest BCUT2D eigenvalue weighted by Gasteiger charge is -2.12. The number of hydrogen-bond donors (Lipinski definition) is 1. The fourth-order valence-corrected chi connectivity index (χ4v) is 2.82. The minimum Gasteiger partial charge on any atom is -0.299 e. The van der Waals surface area contributed by atoms with Crippen molar-refractivity contribution in [3.05, 3.63) is 39.6 Å². The Morgan fingerprint density at radius 1 is 1.21 bits per heavy atom. The molecular formula is C15H16N6O2S. The number of fused-ring (bicyclic) bond motifs is 1. The fraction of sp³-hybridized carbons (Fsp3) is 0.333. The second-order valence-corrected chi connectivity index (χ2v) is 7.26. The molecule has 0 atom stereocenters. The molecule has 3 aromatic rings. The van der Waals surface area contributed by atoms with Crippen LogP contribution in [0.5, 0.6) is 0 Å². The fourth-order valence-electron chi connectivity index (χ4n) is 2.00. The first-order valence-electron chi connectivity index (χ1n) is 7.31. The molecule has 0 saturated heterocycles. The van der Waals surface area contributed by atoms with E-state index in [2.05, 4.69) is 25.8 Å². The highest BCUT2D eigenvalue weighted by atomic mass is 32.1. The molecule has 24 heavy (non-hydrogen) atoms. The summed E-state index contributed by atoms with van der Waals surface area (Å²) in [6.45, 7) is 5.82. The third-order valence-corrected chi connectivity index (χ3v) is 4.50. The molecule has 1 N–H and O–H groups in total. The molecule has 0 saturated carbocycles. The Labute approximate surface area is 141 Å². The zero-order valence-corrected chi connectivity index (χ0v) is 14.3. The Morgan fingerprint density at radius 3 is 2.67 bits per heavy atom. The first kappa shape index (κ1) is 16.2. The SMILES string of the molecule is CC(C)(C)c1nnc(NC(=O)Cn2nnc3ccccc3c2=O)s1. The maximum absolute atomic E-state index is 12.3. The lowest BCUT2D eigenvalue weighted by Crippen LogP contribution is -2.30. The molecule has 0 spiro atoms. The number of carbonyl (C=O) groups is 1. The number of amides is 1. The third-order valence-electron chi connectivity index (χ3n) is 3.24.